The van der Waals surface area contributed by atoms with E-state index in [9.17, 15) is 4.79 Å². The molecule has 0 bridgehead atoms. The maximum Gasteiger partial charge on any atom is 0.257 e. The summed E-state index contributed by atoms with van der Waals surface area (Å²) in [6, 6.07) is 7.49. The molecule has 0 fully saturated rings. The van der Waals surface area contributed by atoms with E-state index in [-0.39, 0.29) is 23.7 Å². The number of aromatic nitrogens is 3. The van der Waals surface area contributed by atoms with Crippen molar-refractivity contribution in [2.75, 3.05) is 6.54 Å². The molecule has 9 heteroatoms. The van der Waals surface area contributed by atoms with Crippen molar-refractivity contribution in [3.63, 3.8) is 0 Å². The lowest BCUT2D eigenvalue weighted by Gasteiger charge is -2.12. The summed E-state index contributed by atoms with van der Waals surface area (Å²) in [5.74, 6) is 0.518. The summed E-state index contributed by atoms with van der Waals surface area (Å²) in [6.07, 6.45) is 1.07. The predicted molar refractivity (Wildman–Crippen MR) is 90.9 cm³/mol. The van der Waals surface area contributed by atoms with E-state index in [1.165, 1.54) is 11.8 Å². The molecule has 2 heterocycles. The van der Waals surface area contributed by atoms with Crippen molar-refractivity contribution in [1.82, 2.24) is 20.4 Å². The van der Waals surface area contributed by atoms with Gasteiger partial charge in [-0.3, -0.25) is 4.79 Å². The molecule has 2 aromatic heterocycles. The average molecular weight is 362 g/mol. The quantitative estimate of drug-likeness (QED) is 0.584. The Bertz CT molecular complexity index is 814. The topological polar surface area (TPSA) is 114 Å². The fourth-order valence-electron chi connectivity index (χ4n) is 2.21. The summed E-state index contributed by atoms with van der Waals surface area (Å²) in [6.45, 7) is 2.03. The van der Waals surface area contributed by atoms with Crippen LogP contribution in [0.1, 0.15) is 25.1 Å². The normalized spacial score (nSPS) is 12.4. The molecule has 25 heavy (non-hydrogen) atoms. The number of nitrogens with one attached hydrogen (secondary N) is 1. The fourth-order valence-corrected chi connectivity index (χ4v) is 3.10. The van der Waals surface area contributed by atoms with Crippen LogP contribution in [0.4, 0.5) is 0 Å². The Balaban J connectivity index is 1.53. The Morgan fingerprint density at radius 3 is 2.92 bits per heavy atom. The standard InChI is InChI=1S/C16H18N4O4S/c1-2-12(25-16-18-10-5-3-4-6-11(10)23-16)15(22)17-8-7-13-19-14(9-21)24-20-13/h3-6,12,21H,2,7-9H2,1H3,(H,17,22)/t12-/m0/s1. The van der Waals surface area contributed by atoms with Crippen molar-refractivity contribution in [3.05, 3.63) is 36.0 Å². The molecule has 1 amide bonds. The van der Waals surface area contributed by atoms with Crippen LogP contribution in [0.25, 0.3) is 11.1 Å². The number of aliphatic hydroxyl groups excluding tert-OH is 1. The molecule has 0 aliphatic carbocycles. The maximum absolute atomic E-state index is 12.3. The van der Waals surface area contributed by atoms with Gasteiger partial charge in [0.1, 0.15) is 12.1 Å². The fraction of sp³-hybridized carbons (Fsp3) is 0.375. The van der Waals surface area contributed by atoms with Gasteiger partial charge in [-0.2, -0.15) is 4.98 Å². The van der Waals surface area contributed by atoms with Gasteiger partial charge in [-0.05, 0) is 18.6 Å². The van der Waals surface area contributed by atoms with Gasteiger partial charge in [-0.1, -0.05) is 36.0 Å². The van der Waals surface area contributed by atoms with Crippen LogP contribution in [0.5, 0.6) is 0 Å². The first-order chi connectivity index (χ1) is 12.2. The minimum atomic E-state index is -0.300. The van der Waals surface area contributed by atoms with Crippen molar-refractivity contribution in [3.8, 4) is 0 Å². The van der Waals surface area contributed by atoms with Crippen LogP contribution in [0.2, 0.25) is 0 Å². The van der Waals surface area contributed by atoms with Crippen LogP contribution in [0.15, 0.2) is 38.4 Å². The SMILES string of the molecule is CC[C@H](Sc1nc2ccccc2o1)C(=O)NCCc1noc(CO)n1. The first kappa shape index (κ1) is 17.4. The molecule has 132 valence electrons. The highest BCUT2D eigenvalue weighted by molar-refractivity contribution is 8.00. The number of benzene rings is 1. The van der Waals surface area contributed by atoms with Gasteiger partial charge in [0, 0.05) is 13.0 Å². The third-order valence-corrected chi connectivity index (χ3v) is 4.68. The number of hydrogen-bond donors (Lipinski definition) is 2. The lowest BCUT2D eigenvalue weighted by atomic mass is 10.3. The zero-order valence-corrected chi connectivity index (χ0v) is 14.5. The number of thioether (sulfide) groups is 1. The van der Waals surface area contributed by atoms with Gasteiger partial charge >= 0.3 is 0 Å². The molecule has 0 radical (unpaired) electrons. The Morgan fingerprint density at radius 2 is 2.20 bits per heavy atom. The number of amides is 1. The average Bonchev–Trinajstić information content (AvgIpc) is 3.25. The number of hydrogen-bond acceptors (Lipinski definition) is 8. The van der Waals surface area contributed by atoms with Crippen molar-refractivity contribution < 1.29 is 18.8 Å². The third-order valence-electron chi connectivity index (χ3n) is 3.47. The van der Waals surface area contributed by atoms with Gasteiger partial charge in [0.15, 0.2) is 11.4 Å². The molecule has 0 unspecified atom stereocenters. The second-order valence-electron chi connectivity index (χ2n) is 5.27. The van der Waals surface area contributed by atoms with Crippen LogP contribution in [-0.4, -0.2) is 37.9 Å². The van der Waals surface area contributed by atoms with E-state index in [0.29, 0.717) is 36.0 Å². The zero-order chi connectivity index (χ0) is 17.6. The first-order valence-corrected chi connectivity index (χ1v) is 8.79. The number of nitrogens with zero attached hydrogens (tertiary/aromatic N) is 3. The largest absolute Gasteiger partial charge is 0.431 e. The van der Waals surface area contributed by atoms with Crippen LogP contribution in [0.3, 0.4) is 0 Å². The molecule has 0 saturated carbocycles. The molecule has 0 aliphatic rings. The number of rotatable bonds is 8. The Hall–Kier alpha value is -2.39. The van der Waals surface area contributed by atoms with Gasteiger partial charge in [-0.15, -0.1) is 0 Å². The highest BCUT2D eigenvalue weighted by Gasteiger charge is 2.21. The molecule has 8 nitrogen and oxygen atoms in total. The van der Waals surface area contributed by atoms with Gasteiger partial charge in [0.25, 0.3) is 11.1 Å². The van der Waals surface area contributed by atoms with E-state index in [4.69, 9.17) is 14.0 Å². The second kappa shape index (κ2) is 8.13. The van der Waals surface area contributed by atoms with Crippen molar-refractivity contribution >= 4 is 28.8 Å². The number of carbonyl (C=O) groups excluding carboxylic acids is 1. The molecule has 1 aromatic carbocycles. The highest BCUT2D eigenvalue weighted by Crippen LogP contribution is 2.28. The summed E-state index contributed by atoms with van der Waals surface area (Å²) < 4.78 is 10.5. The molecule has 0 saturated heterocycles. The van der Waals surface area contributed by atoms with E-state index in [1.807, 2.05) is 31.2 Å². The van der Waals surface area contributed by atoms with E-state index in [0.717, 1.165) is 5.52 Å². The number of carbonyl (C=O) groups is 1. The number of oxazole rings is 1. The van der Waals surface area contributed by atoms with Crippen molar-refractivity contribution in [2.45, 2.75) is 36.8 Å². The summed E-state index contributed by atoms with van der Waals surface area (Å²) in [5, 5.41) is 15.6. The van der Waals surface area contributed by atoms with Crippen LogP contribution in [0, 0.1) is 0 Å². The van der Waals surface area contributed by atoms with E-state index in [1.54, 1.807) is 0 Å². The zero-order valence-electron chi connectivity index (χ0n) is 13.6. The summed E-state index contributed by atoms with van der Waals surface area (Å²) in [7, 11) is 0. The second-order valence-corrected chi connectivity index (χ2v) is 6.42. The first-order valence-electron chi connectivity index (χ1n) is 7.92. The van der Waals surface area contributed by atoms with Gasteiger partial charge in [0.2, 0.25) is 5.91 Å². The summed E-state index contributed by atoms with van der Waals surface area (Å²) in [5.41, 5.74) is 1.48. The molecular weight excluding hydrogens is 344 g/mol. The molecule has 3 aromatic rings. The molecule has 3 rings (SSSR count). The van der Waals surface area contributed by atoms with Crippen LogP contribution < -0.4 is 5.32 Å². The molecule has 0 spiro atoms. The predicted octanol–water partition coefficient (Wildman–Crippen LogP) is 1.93. The smallest absolute Gasteiger partial charge is 0.257 e. The molecule has 1 atom stereocenters. The van der Waals surface area contributed by atoms with Crippen LogP contribution in [-0.2, 0) is 17.8 Å². The number of para-hydroxylation sites is 2. The minimum Gasteiger partial charge on any atom is -0.431 e. The lowest BCUT2D eigenvalue weighted by molar-refractivity contribution is -0.120. The Morgan fingerprint density at radius 1 is 1.36 bits per heavy atom. The third kappa shape index (κ3) is 4.37. The monoisotopic (exact) mass is 362 g/mol. The number of fused-ring (bicyclic) bond motifs is 1. The Kier molecular flexibility index (Phi) is 5.67. The summed E-state index contributed by atoms with van der Waals surface area (Å²) in [4.78, 5) is 20.7. The van der Waals surface area contributed by atoms with Crippen molar-refractivity contribution in [2.24, 2.45) is 0 Å². The molecule has 2 N–H and O–H groups in total. The Labute approximate surface area is 148 Å². The van der Waals surface area contributed by atoms with E-state index in [2.05, 4.69) is 20.4 Å². The maximum atomic E-state index is 12.3. The van der Waals surface area contributed by atoms with E-state index < -0.39 is 0 Å². The van der Waals surface area contributed by atoms with Gasteiger partial charge < -0.3 is 19.4 Å². The molecule has 0 aliphatic heterocycles. The summed E-state index contributed by atoms with van der Waals surface area (Å²) >= 11 is 1.30. The lowest BCUT2D eigenvalue weighted by Crippen LogP contribution is -2.33. The number of aliphatic hydroxyl groups is 1. The highest BCUT2D eigenvalue weighted by atomic mass is 32.2. The van der Waals surface area contributed by atoms with Crippen LogP contribution >= 0.6 is 11.8 Å². The van der Waals surface area contributed by atoms with Gasteiger partial charge in [0.05, 0.1) is 5.25 Å². The molecular formula is C16H18N4O4S. The minimum absolute atomic E-state index is 0.0966. The van der Waals surface area contributed by atoms with Crippen molar-refractivity contribution in [1.29, 1.82) is 0 Å². The van der Waals surface area contributed by atoms with E-state index >= 15 is 0 Å². The van der Waals surface area contributed by atoms with Gasteiger partial charge in [-0.25, -0.2) is 4.98 Å².